The Labute approximate surface area is 278 Å². The van der Waals surface area contributed by atoms with Crippen LogP contribution in [-0.2, 0) is 0 Å². The maximum absolute atomic E-state index is 5.86. The maximum atomic E-state index is 5.86. The lowest BCUT2D eigenvalue weighted by Gasteiger charge is -2.18. The van der Waals surface area contributed by atoms with Gasteiger partial charge in [-0.1, -0.05) is 66.8 Å². The third-order valence-corrected chi connectivity index (χ3v) is 6.60. The number of nitrogens with two attached hydrogens (primary N) is 6. The highest BCUT2D eigenvalue weighted by molar-refractivity contribution is 5.80. The largest absolute Gasteiger partial charge is 0.388 e. The first-order valence-electron chi connectivity index (χ1n) is 15.4. The summed E-state index contributed by atoms with van der Waals surface area (Å²) in [4.78, 5) is 12.6. The maximum Gasteiger partial charge on any atom is 0.186 e. The highest BCUT2D eigenvalue weighted by Gasteiger charge is 2.08. The molecule has 47 heavy (non-hydrogen) atoms. The fraction of sp³-hybridized carbons (Fsp3) is 0.216. The van der Waals surface area contributed by atoms with Gasteiger partial charge in [0, 0.05) is 6.54 Å². The van der Waals surface area contributed by atoms with Gasteiger partial charge in [0.05, 0.1) is 31.3 Å². The summed E-state index contributed by atoms with van der Waals surface area (Å²) >= 11 is 0. The Hall–Kier alpha value is -5.29. The third-order valence-electron chi connectivity index (χ3n) is 6.60. The molecular weight excluding hydrogens is 584 g/mol. The quantitative estimate of drug-likeness (QED) is 0.0735. The minimum atomic E-state index is -0.950. The van der Waals surface area contributed by atoms with Crippen molar-refractivity contribution < 1.29 is 0 Å². The molecule has 0 aliphatic rings. The van der Waals surface area contributed by atoms with E-state index in [-0.39, 0.29) is 5.96 Å². The number of nitrogens with zero attached hydrogens (tertiary/aromatic N) is 3. The van der Waals surface area contributed by atoms with Gasteiger partial charge >= 0.3 is 0 Å². The molecule has 0 saturated carbocycles. The molecule has 0 bridgehead atoms. The topological polar surface area (TPSA) is 205 Å². The van der Waals surface area contributed by atoms with E-state index in [0.717, 1.165) is 44.5 Å². The normalized spacial score (nSPS) is 13.0. The number of benzene rings is 3. The lowest BCUT2D eigenvalue weighted by molar-refractivity contribution is 0.401. The number of amidine groups is 2. The van der Waals surface area contributed by atoms with Crippen molar-refractivity contribution in [1.82, 2.24) is 5.32 Å². The number of guanidine groups is 1. The van der Waals surface area contributed by atoms with Gasteiger partial charge in [-0.05, 0) is 108 Å². The average molecular weight is 633 g/mol. The van der Waals surface area contributed by atoms with E-state index >= 15 is 0 Å². The Balaban J connectivity index is 2.03. The van der Waals surface area contributed by atoms with Crippen LogP contribution in [0.15, 0.2) is 99.9 Å². The van der Waals surface area contributed by atoms with Crippen molar-refractivity contribution in [3.8, 4) is 22.3 Å². The van der Waals surface area contributed by atoms with Crippen LogP contribution in [0.2, 0.25) is 0 Å². The molecule has 10 nitrogen and oxygen atoms in total. The standard InChI is InChI=1S/C37H48N10/c1-26(38)44-15-5-9-28-19-30(11-7-17-46-36(40)41)23-34(21-28)32-13-4-14-33(25-32)35-22-29(10-6-16-45-27(2)39)20-31(24-35)12-8-18-47-37(3,42)43/h4-14,19-25,47H,15-18,42-43H2,1-3H3,(H2,38,44)(H2,39,45)(H4,40,41,46). The van der Waals surface area contributed by atoms with E-state index in [9.17, 15) is 0 Å². The van der Waals surface area contributed by atoms with Gasteiger partial charge in [0.15, 0.2) is 5.96 Å². The second-order valence-electron chi connectivity index (χ2n) is 11.4. The highest BCUT2D eigenvalue weighted by Crippen LogP contribution is 2.30. The molecule has 13 N–H and O–H groups in total. The molecule has 0 spiro atoms. The first kappa shape index (κ1) is 36.2. The van der Waals surface area contributed by atoms with Crippen molar-refractivity contribution in [2.24, 2.45) is 49.4 Å². The van der Waals surface area contributed by atoms with Crippen molar-refractivity contribution in [1.29, 1.82) is 0 Å². The summed E-state index contributed by atoms with van der Waals surface area (Å²) in [5, 5.41) is 3.07. The number of hydrogen-bond donors (Lipinski definition) is 7. The summed E-state index contributed by atoms with van der Waals surface area (Å²) in [5.74, 6) is 0.207. The molecule has 0 radical (unpaired) electrons. The monoisotopic (exact) mass is 632 g/mol. The minimum Gasteiger partial charge on any atom is -0.388 e. The average Bonchev–Trinajstić information content (AvgIpc) is 3.01. The smallest absolute Gasteiger partial charge is 0.186 e. The lowest BCUT2D eigenvalue weighted by atomic mass is 9.94. The summed E-state index contributed by atoms with van der Waals surface area (Å²) in [5.41, 5.74) is 42.6. The van der Waals surface area contributed by atoms with Crippen LogP contribution >= 0.6 is 0 Å². The molecule has 0 aliphatic carbocycles. The van der Waals surface area contributed by atoms with Gasteiger partial charge in [-0.25, -0.2) is 4.99 Å². The Morgan fingerprint density at radius 2 is 1.00 bits per heavy atom. The fourth-order valence-corrected chi connectivity index (χ4v) is 4.54. The zero-order valence-electron chi connectivity index (χ0n) is 27.5. The van der Waals surface area contributed by atoms with Crippen LogP contribution in [0.1, 0.15) is 43.0 Å². The summed E-state index contributed by atoms with van der Waals surface area (Å²) in [6.07, 6.45) is 16.1. The van der Waals surface area contributed by atoms with Crippen molar-refractivity contribution in [2.45, 2.75) is 26.6 Å². The first-order chi connectivity index (χ1) is 22.4. The second kappa shape index (κ2) is 18.0. The molecule has 0 atom stereocenters. The molecule has 3 aromatic rings. The first-order valence-corrected chi connectivity index (χ1v) is 15.4. The molecule has 3 aromatic carbocycles. The van der Waals surface area contributed by atoms with Gasteiger partial charge in [0.1, 0.15) is 5.79 Å². The van der Waals surface area contributed by atoms with Crippen LogP contribution in [0.25, 0.3) is 46.6 Å². The van der Waals surface area contributed by atoms with Gasteiger partial charge in [0.25, 0.3) is 0 Å². The van der Waals surface area contributed by atoms with Crippen molar-refractivity contribution >= 4 is 41.9 Å². The molecule has 0 aromatic heterocycles. The van der Waals surface area contributed by atoms with Crippen LogP contribution in [0.3, 0.4) is 0 Å². The Morgan fingerprint density at radius 3 is 1.38 bits per heavy atom. The highest BCUT2D eigenvalue weighted by atomic mass is 15.2. The van der Waals surface area contributed by atoms with E-state index in [2.05, 4.69) is 93.1 Å². The van der Waals surface area contributed by atoms with E-state index < -0.39 is 5.79 Å². The summed E-state index contributed by atoms with van der Waals surface area (Å²) in [7, 11) is 0. The van der Waals surface area contributed by atoms with E-state index in [1.807, 2.05) is 36.5 Å². The molecule has 3 rings (SSSR count). The lowest BCUT2D eigenvalue weighted by Crippen LogP contribution is -2.58. The number of nitrogens with one attached hydrogen (secondary N) is 1. The zero-order valence-corrected chi connectivity index (χ0v) is 27.5. The van der Waals surface area contributed by atoms with Crippen LogP contribution < -0.4 is 39.7 Å². The summed E-state index contributed by atoms with van der Waals surface area (Å²) < 4.78 is 0. The molecule has 0 heterocycles. The molecule has 0 aliphatic heterocycles. The van der Waals surface area contributed by atoms with E-state index in [0.29, 0.717) is 37.9 Å². The fourth-order valence-electron chi connectivity index (χ4n) is 4.54. The summed E-state index contributed by atoms with van der Waals surface area (Å²) in [6.45, 7) is 7.22. The molecule has 0 amide bonds. The Morgan fingerprint density at radius 1 is 0.596 bits per heavy atom. The molecule has 0 saturated heterocycles. The summed E-state index contributed by atoms with van der Waals surface area (Å²) in [6, 6.07) is 21.4. The predicted octanol–water partition coefficient (Wildman–Crippen LogP) is 4.28. The SMILES string of the molecule is CC(N)=NCC=Cc1cc(C=CCN=C(N)N)cc(-c2cccc(-c3cc(C=CCN=C(C)N)cc(C=CCNC(C)(N)N)c3)c2)c1. The van der Waals surface area contributed by atoms with Crippen molar-refractivity contribution in [3.05, 3.63) is 107 Å². The molecule has 0 unspecified atom stereocenters. The van der Waals surface area contributed by atoms with E-state index in [1.165, 1.54) is 0 Å². The molecular formula is C37H48N10. The minimum absolute atomic E-state index is 0.0581. The zero-order chi connectivity index (χ0) is 34.2. The molecule has 246 valence electrons. The third kappa shape index (κ3) is 14.1. The Bertz CT molecular complexity index is 1640. The van der Waals surface area contributed by atoms with Gasteiger partial charge < -0.3 is 34.4 Å². The van der Waals surface area contributed by atoms with Gasteiger partial charge in [0.2, 0.25) is 0 Å². The number of rotatable bonds is 15. The van der Waals surface area contributed by atoms with Crippen LogP contribution in [0.4, 0.5) is 0 Å². The predicted molar refractivity (Wildman–Crippen MR) is 203 cm³/mol. The van der Waals surface area contributed by atoms with Crippen LogP contribution in [-0.4, -0.2) is 49.6 Å². The van der Waals surface area contributed by atoms with Crippen molar-refractivity contribution in [2.75, 3.05) is 26.2 Å². The van der Waals surface area contributed by atoms with E-state index in [1.54, 1.807) is 20.8 Å². The van der Waals surface area contributed by atoms with Gasteiger partial charge in [-0.15, -0.1) is 0 Å². The van der Waals surface area contributed by atoms with Gasteiger partial charge in [-0.3, -0.25) is 15.3 Å². The number of hydrogen-bond acceptors (Lipinski definition) is 6. The molecule has 10 heteroatoms. The van der Waals surface area contributed by atoms with Crippen molar-refractivity contribution in [3.63, 3.8) is 0 Å². The van der Waals surface area contributed by atoms with Crippen LogP contribution in [0, 0.1) is 0 Å². The molecule has 0 fully saturated rings. The van der Waals surface area contributed by atoms with Gasteiger partial charge in [-0.2, -0.15) is 0 Å². The number of aliphatic imine (C=N–C) groups is 3. The Kier molecular flexibility index (Phi) is 13.9. The van der Waals surface area contributed by atoms with Crippen LogP contribution in [0.5, 0.6) is 0 Å². The second-order valence-corrected chi connectivity index (χ2v) is 11.4. The van der Waals surface area contributed by atoms with E-state index in [4.69, 9.17) is 34.4 Å².